The van der Waals surface area contributed by atoms with Gasteiger partial charge in [-0.05, 0) is 13.3 Å². The highest BCUT2D eigenvalue weighted by Crippen LogP contribution is 2.07. The second-order valence-corrected chi connectivity index (χ2v) is 4.06. The van der Waals surface area contributed by atoms with Crippen molar-refractivity contribution in [1.82, 2.24) is 15.1 Å². The number of nitrogens with one attached hydrogen (secondary N) is 1. The summed E-state index contributed by atoms with van der Waals surface area (Å²) in [6.45, 7) is 1.68. The highest BCUT2D eigenvalue weighted by molar-refractivity contribution is 5.97. The molecule has 0 fully saturated rings. The molecule has 1 aromatic rings. The van der Waals surface area contributed by atoms with E-state index in [-0.39, 0.29) is 18.4 Å². The Morgan fingerprint density at radius 1 is 1.42 bits per heavy atom. The minimum Gasteiger partial charge on any atom is -0.481 e. The minimum atomic E-state index is -1.27. The van der Waals surface area contributed by atoms with Gasteiger partial charge in [0.2, 0.25) is 0 Å². The fourth-order valence-electron chi connectivity index (χ4n) is 1.48. The first-order chi connectivity index (χ1) is 8.82. The van der Waals surface area contributed by atoms with E-state index in [0.29, 0.717) is 5.69 Å². The Morgan fingerprint density at radius 3 is 2.47 bits per heavy atom. The molecule has 1 amide bonds. The molecule has 1 aromatic heterocycles. The summed E-state index contributed by atoms with van der Waals surface area (Å²) in [6, 6.07) is -1.23. The van der Waals surface area contributed by atoms with Gasteiger partial charge in [0, 0.05) is 19.2 Å². The van der Waals surface area contributed by atoms with Crippen LogP contribution in [0.2, 0.25) is 0 Å². The maximum Gasteiger partial charge on any atom is 0.326 e. The van der Waals surface area contributed by atoms with Crippen LogP contribution in [0.1, 0.15) is 28.9 Å². The summed E-state index contributed by atoms with van der Waals surface area (Å²) < 4.78 is 1.49. The average molecular weight is 269 g/mol. The predicted molar refractivity (Wildman–Crippen MR) is 63.7 cm³/mol. The molecular formula is C11H15N3O5. The Balaban J connectivity index is 2.74. The van der Waals surface area contributed by atoms with Crippen LogP contribution in [0.4, 0.5) is 0 Å². The van der Waals surface area contributed by atoms with E-state index in [1.165, 1.54) is 10.9 Å². The first kappa shape index (κ1) is 14.7. The predicted octanol–water partition coefficient (Wildman–Crippen LogP) is -0.224. The van der Waals surface area contributed by atoms with E-state index < -0.39 is 23.9 Å². The van der Waals surface area contributed by atoms with Crippen LogP contribution in [0, 0.1) is 6.92 Å². The lowest BCUT2D eigenvalue weighted by Crippen LogP contribution is -2.41. The summed E-state index contributed by atoms with van der Waals surface area (Å²) in [7, 11) is 1.66. The van der Waals surface area contributed by atoms with Gasteiger partial charge in [-0.2, -0.15) is 5.10 Å². The lowest BCUT2D eigenvalue weighted by atomic mass is 10.1. The summed E-state index contributed by atoms with van der Waals surface area (Å²) in [5.41, 5.74) is 0.865. The molecule has 0 bridgehead atoms. The zero-order valence-electron chi connectivity index (χ0n) is 10.6. The van der Waals surface area contributed by atoms with Crippen molar-refractivity contribution in [2.45, 2.75) is 25.8 Å². The van der Waals surface area contributed by atoms with Gasteiger partial charge in [0.25, 0.3) is 5.91 Å². The van der Waals surface area contributed by atoms with Crippen molar-refractivity contribution in [2.75, 3.05) is 0 Å². The van der Waals surface area contributed by atoms with Crippen molar-refractivity contribution in [3.8, 4) is 0 Å². The van der Waals surface area contributed by atoms with Crippen LogP contribution in [0.3, 0.4) is 0 Å². The maximum atomic E-state index is 11.9. The standard InChI is InChI=1S/C11H15N3O5/c1-6-7(5-12-14(6)2)10(17)13-8(11(18)19)3-4-9(15)16/h5,8H,3-4H2,1-2H3,(H,13,17)(H,15,16)(H,18,19)/t8-/m0/s1. The number of carboxylic acids is 2. The Hall–Kier alpha value is -2.38. The molecule has 1 rings (SSSR count). The van der Waals surface area contributed by atoms with Crippen LogP contribution < -0.4 is 5.32 Å². The SMILES string of the molecule is Cc1c(C(=O)N[C@@H](CCC(=O)O)C(=O)O)cnn1C. The number of aryl methyl sites for hydroxylation is 1. The summed E-state index contributed by atoms with van der Waals surface area (Å²) in [5, 5.41) is 23.6. The van der Waals surface area contributed by atoms with Crippen LogP contribution in [0.15, 0.2) is 6.20 Å². The first-order valence-corrected chi connectivity index (χ1v) is 5.57. The molecule has 0 spiro atoms. The number of aromatic nitrogens is 2. The Labute approximate surface area is 109 Å². The molecule has 8 heteroatoms. The van der Waals surface area contributed by atoms with Crippen molar-refractivity contribution in [3.05, 3.63) is 17.5 Å². The third kappa shape index (κ3) is 3.80. The fourth-order valence-corrected chi connectivity index (χ4v) is 1.48. The number of carbonyl (C=O) groups excluding carboxylic acids is 1. The molecule has 1 heterocycles. The molecule has 3 N–H and O–H groups in total. The number of nitrogens with zero attached hydrogens (tertiary/aromatic N) is 2. The van der Waals surface area contributed by atoms with E-state index in [0.717, 1.165) is 0 Å². The van der Waals surface area contributed by atoms with Crippen LogP contribution in [0.5, 0.6) is 0 Å². The first-order valence-electron chi connectivity index (χ1n) is 5.57. The third-order valence-electron chi connectivity index (χ3n) is 2.73. The normalized spacial score (nSPS) is 11.9. The number of aliphatic carboxylic acids is 2. The largest absolute Gasteiger partial charge is 0.481 e. The zero-order valence-corrected chi connectivity index (χ0v) is 10.6. The molecule has 8 nitrogen and oxygen atoms in total. The summed E-state index contributed by atoms with van der Waals surface area (Å²) in [5.74, 6) is -2.96. The smallest absolute Gasteiger partial charge is 0.326 e. The average Bonchev–Trinajstić information content (AvgIpc) is 2.64. The maximum absolute atomic E-state index is 11.9. The summed E-state index contributed by atoms with van der Waals surface area (Å²) in [4.78, 5) is 33.2. The number of amides is 1. The van der Waals surface area contributed by atoms with Gasteiger partial charge < -0.3 is 15.5 Å². The molecule has 0 saturated carbocycles. The van der Waals surface area contributed by atoms with Crippen molar-refractivity contribution < 1.29 is 24.6 Å². The van der Waals surface area contributed by atoms with Crippen molar-refractivity contribution in [3.63, 3.8) is 0 Å². The van der Waals surface area contributed by atoms with E-state index in [1.807, 2.05) is 0 Å². The van der Waals surface area contributed by atoms with Crippen LogP contribution in [-0.2, 0) is 16.6 Å². The molecule has 0 aliphatic heterocycles. The lowest BCUT2D eigenvalue weighted by molar-refractivity contribution is -0.140. The van der Waals surface area contributed by atoms with Crippen LogP contribution in [-0.4, -0.2) is 43.9 Å². The molecule has 0 saturated heterocycles. The van der Waals surface area contributed by atoms with E-state index in [1.54, 1.807) is 14.0 Å². The van der Waals surface area contributed by atoms with Gasteiger partial charge in [0.15, 0.2) is 0 Å². The Morgan fingerprint density at radius 2 is 2.05 bits per heavy atom. The van der Waals surface area contributed by atoms with Crippen molar-refractivity contribution >= 4 is 17.8 Å². The molecule has 0 radical (unpaired) electrons. The molecular weight excluding hydrogens is 254 g/mol. The Bertz CT molecular complexity index is 508. The number of rotatable bonds is 6. The minimum absolute atomic E-state index is 0.171. The highest BCUT2D eigenvalue weighted by Gasteiger charge is 2.23. The van der Waals surface area contributed by atoms with Gasteiger partial charge in [-0.25, -0.2) is 4.79 Å². The van der Waals surface area contributed by atoms with Gasteiger partial charge in [-0.1, -0.05) is 0 Å². The molecule has 0 aliphatic rings. The van der Waals surface area contributed by atoms with Gasteiger partial charge in [0.1, 0.15) is 6.04 Å². The van der Waals surface area contributed by atoms with E-state index in [2.05, 4.69) is 10.4 Å². The number of carbonyl (C=O) groups is 3. The number of hydrogen-bond donors (Lipinski definition) is 3. The summed E-state index contributed by atoms with van der Waals surface area (Å²) >= 11 is 0. The van der Waals surface area contributed by atoms with Gasteiger partial charge in [0.05, 0.1) is 11.8 Å². The molecule has 0 aliphatic carbocycles. The van der Waals surface area contributed by atoms with E-state index >= 15 is 0 Å². The lowest BCUT2D eigenvalue weighted by Gasteiger charge is -2.13. The quantitative estimate of drug-likeness (QED) is 0.656. The zero-order chi connectivity index (χ0) is 14.6. The van der Waals surface area contributed by atoms with Crippen molar-refractivity contribution in [1.29, 1.82) is 0 Å². The third-order valence-corrected chi connectivity index (χ3v) is 2.73. The van der Waals surface area contributed by atoms with Crippen LogP contribution in [0.25, 0.3) is 0 Å². The highest BCUT2D eigenvalue weighted by atomic mass is 16.4. The monoisotopic (exact) mass is 269 g/mol. The number of hydrogen-bond acceptors (Lipinski definition) is 4. The Kier molecular flexibility index (Phi) is 4.62. The second-order valence-electron chi connectivity index (χ2n) is 4.06. The second kappa shape index (κ2) is 5.98. The van der Waals surface area contributed by atoms with Gasteiger partial charge in [-0.3, -0.25) is 14.3 Å². The fraction of sp³-hybridized carbons (Fsp3) is 0.455. The van der Waals surface area contributed by atoms with Crippen molar-refractivity contribution in [2.24, 2.45) is 7.05 Å². The van der Waals surface area contributed by atoms with Gasteiger partial charge >= 0.3 is 11.9 Å². The molecule has 1 atom stereocenters. The van der Waals surface area contributed by atoms with E-state index in [4.69, 9.17) is 10.2 Å². The molecule has 0 unspecified atom stereocenters. The topological polar surface area (TPSA) is 122 Å². The molecule has 19 heavy (non-hydrogen) atoms. The van der Waals surface area contributed by atoms with E-state index in [9.17, 15) is 14.4 Å². The van der Waals surface area contributed by atoms with Gasteiger partial charge in [-0.15, -0.1) is 0 Å². The summed E-state index contributed by atoms with van der Waals surface area (Å²) in [6.07, 6.45) is 0.833. The molecule has 0 aromatic carbocycles. The molecule has 104 valence electrons. The number of carboxylic acid groups (broad SMARTS) is 2. The van der Waals surface area contributed by atoms with Crippen LogP contribution >= 0.6 is 0 Å².